The Labute approximate surface area is 121 Å². The molecule has 1 saturated carbocycles. The molecule has 1 aliphatic rings. The first-order valence-electron chi connectivity index (χ1n) is 6.57. The molecule has 3 N–H and O–H groups in total. The summed E-state index contributed by atoms with van der Waals surface area (Å²) < 4.78 is 5.98. The Kier molecular flexibility index (Phi) is 5.07. The van der Waals surface area contributed by atoms with Crippen molar-refractivity contribution < 1.29 is 14.9 Å². The van der Waals surface area contributed by atoms with Crippen LogP contribution in [-0.2, 0) is 6.54 Å². The summed E-state index contributed by atoms with van der Waals surface area (Å²) in [6.07, 6.45) is 3.64. The van der Waals surface area contributed by atoms with Crippen molar-refractivity contribution in [3.63, 3.8) is 0 Å². The van der Waals surface area contributed by atoms with Gasteiger partial charge in [0.25, 0.3) is 0 Å². The Morgan fingerprint density at radius 3 is 2.63 bits per heavy atom. The minimum absolute atomic E-state index is 0.126. The number of rotatable bonds is 4. The lowest BCUT2D eigenvalue weighted by atomic mass is 9.93. The molecule has 0 aliphatic heterocycles. The number of phenolic OH excluding ortho intramolecular Hbond substituents is 1. The predicted molar refractivity (Wildman–Crippen MR) is 77.5 cm³/mol. The summed E-state index contributed by atoms with van der Waals surface area (Å²) in [6, 6.07) is 3.94. The highest BCUT2D eigenvalue weighted by molar-refractivity contribution is 9.10. The van der Waals surface area contributed by atoms with E-state index in [-0.39, 0.29) is 11.9 Å². The molecular weight excluding hydrogens is 310 g/mol. The smallest absolute Gasteiger partial charge is 0.160 e. The third kappa shape index (κ3) is 3.84. The Morgan fingerprint density at radius 2 is 2.00 bits per heavy atom. The van der Waals surface area contributed by atoms with Gasteiger partial charge in [0.05, 0.1) is 13.2 Å². The molecule has 1 fully saturated rings. The third-order valence-corrected chi connectivity index (χ3v) is 4.36. The van der Waals surface area contributed by atoms with E-state index in [0.717, 1.165) is 42.3 Å². The number of benzene rings is 1. The fourth-order valence-electron chi connectivity index (χ4n) is 2.42. The van der Waals surface area contributed by atoms with Gasteiger partial charge in [-0.2, -0.15) is 0 Å². The van der Waals surface area contributed by atoms with Crippen LogP contribution in [0.5, 0.6) is 11.5 Å². The Balaban J connectivity index is 1.95. The van der Waals surface area contributed by atoms with Crippen LogP contribution < -0.4 is 10.1 Å². The Bertz CT molecular complexity index is 431. The van der Waals surface area contributed by atoms with Crippen LogP contribution in [0.1, 0.15) is 31.2 Å². The maximum absolute atomic E-state index is 9.66. The van der Waals surface area contributed by atoms with Crippen molar-refractivity contribution in [2.75, 3.05) is 7.11 Å². The second kappa shape index (κ2) is 6.59. The van der Waals surface area contributed by atoms with Gasteiger partial charge in [-0.05, 0) is 43.4 Å². The summed E-state index contributed by atoms with van der Waals surface area (Å²) in [5.74, 6) is 0.623. The molecule has 0 heterocycles. The highest BCUT2D eigenvalue weighted by Gasteiger charge is 2.19. The highest BCUT2D eigenvalue weighted by Crippen LogP contribution is 2.32. The second-order valence-electron chi connectivity index (χ2n) is 5.00. The van der Waals surface area contributed by atoms with E-state index in [2.05, 4.69) is 21.2 Å². The zero-order chi connectivity index (χ0) is 13.8. The maximum atomic E-state index is 9.66. The number of halogens is 1. The number of hydrogen-bond donors (Lipinski definition) is 3. The first kappa shape index (κ1) is 14.6. The van der Waals surface area contributed by atoms with Gasteiger partial charge in [0.15, 0.2) is 11.5 Å². The van der Waals surface area contributed by atoms with E-state index in [9.17, 15) is 10.2 Å². The van der Waals surface area contributed by atoms with Crippen molar-refractivity contribution in [1.82, 2.24) is 5.32 Å². The average molecular weight is 330 g/mol. The summed E-state index contributed by atoms with van der Waals surface area (Å²) >= 11 is 3.45. The topological polar surface area (TPSA) is 61.7 Å². The number of phenols is 1. The van der Waals surface area contributed by atoms with E-state index in [1.54, 1.807) is 13.2 Å². The van der Waals surface area contributed by atoms with Gasteiger partial charge in [0.2, 0.25) is 0 Å². The molecular formula is C14H20BrNO3. The number of methoxy groups -OCH3 is 1. The summed E-state index contributed by atoms with van der Waals surface area (Å²) in [7, 11) is 1.54. The van der Waals surface area contributed by atoms with E-state index in [1.807, 2.05) is 6.07 Å². The molecule has 0 atom stereocenters. The van der Waals surface area contributed by atoms with Crippen molar-refractivity contribution in [3.05, 3.63) is 22.2 Å². The number of aliphatic hydroxyl groups excluding tert-OH is 1. The lowest BCUT2D eigenvalue weighted by molar-refractivity contribution is 0.116. The van der Waals surface area contributed by atoms with Gasteiger partial charge < -0.3 is 20.3 Å². The molecule has 0 saturated heterocycles. The lowest BCUT2D eigenvalue weighted by Crippen LogP contribution is -2.34. The molecule has 5 heteroatoms. The average Bonchev–Trinajstić information content (AvgIpc) is 2.40. The van der Waals surface area contributed by atoms with Crippen molar-refractivity contribution in [3.8, 4) is 11.5 Å². The minimum atomic E-state index is -0.126. The Hall–Kier alpha value is -0.780. The molecule has 0 spiro atoms. The van der Waals surface area contributed by atoms with Crippen LogP contribution in [0.15, 0.2) is 16.6 Å². The number of ether oxygens (including phenoxy) is 1. The van der Waals surface area contributed by atoms with Gasteiger partial charge in [0, 0.05) is 17.1 Å². The zero-order valence-electron chi connectivity index (χ0n) is 11.0. The zero-order valence-corrected chi connectivity index (χ0v) is 12.6. The van der Waals surface area contributed by atoms with Crippen LogP contribution in [0.3, 0.4) is 0 Å². The molecule has 106 valence electrons. The molecule has 0 unspecified atom stereocenters. The van der Waals surface area contributed by atoms with Crippen molar-refractivity contribution >= 4 is 15.9 Å². The minimum Gasteiger partial charge on any atom is -0.504 e. The molecule has 1 aromatic rings. The number of hydrogen-bond acceptors (Lipinski definition) is 4. The van der Waals surface area contributed by atoms with Gasteiger partial charge in [-0.1, -0.05) is 15.9 Å². The van der Waals surface area contributed by atoms with E-state index in [0.29, 0.717) is 11.8 Å². The lowest BCUT2D eigenvalue weighted by Gasteiger charge is -2.26. The van der Waals surface area contributed by atoms with Crippen molar-refractivity contribution in [2.24, 2.45) is 0 Å². The summed E-state index contributed by atoms with van der Waals surface area (Å²) in [4.78, 5) is 0. The molecule has 0 amide bonds. The normalized spacial score (nSPS) is 23.3. The molecule has 0 aromatic heterocycles. The van der Waals surface area contributed by atoms with Gasteiger partial charge in [-0.25, -0.2) is 0 Å². The van der Waals surface area contributed by atoms with Crippen LogP contribution in [0.2, 0.25) is 0 Å². The maximum Gasteiger partial charge on any atom is 0.160 e. The second-order valence-corrected chi connectivity index (χ2v) is 5.86. The number of aromatic hydroxyl groups is 1. The number of nitrogens with one attached hydrogen (secondary N) is 1. The molecule has 2 rings (SSSR count). The van der Waals surface area contributed by atoms with Crippen LogP contribution in [-0.4, -0.2) is 29.5 Å². The summed E-state index contributed by atoms with van der Waals surface area (Å²) in [5.41, 5.74) is 1.06. The largest absolute Gasteiger partial charge is 0.504 e. The molecule has 1 aliphatic carbocycles. The quantitative estimate of drug-likeness (QED) is 0.794. The first-order valence-corrected chi connectivity index (χ1v) is 7.36. The highest BCUT2D eigenvalue weighted by atomic mass is 79.9. The monoisotopic (exact) mass is 329 g/mol. The SMILES string of the molecule is COc1cc(CNC2CCC(O)CC2)c(Br)cc1O. The number of aliphatic hydroxyl groups is 1. The third-order valence-electron chi connectivity index (χ3n) is 3.63. The van der Waals surface area contributed by atoms with Gasteiger partial charge in [-0.3, -0.25) is 0 Å². The van der Waals surface area contributed by atoms with Crippen LogP contribution >= 0.6 is 15.9 Å². The predicted octanol–water partition coefficient (Wildman–Crippen LogP) is 2.56. The van der Waals surface area contributed by atoms with E-state index >= 15 is 0 Å². The van der Waals surface area contributed by atoms with Gasteiger partial charge >= 0.3 is 0 Å². The first-order chi connectivity index (χ1) is 9.10. The van der Waals surface area contributed by atoms with E-state index < -0.39 is 0 Å². The molecule has 4 nitrogen and oxygen atoms in total. The fraction of sp³-hybridized carbons (Fsp3) is 0.571. The standard InChI is InChI=1S/C14H20BrNO3/c1-19-14-6-9(12(15)7-13(14)18)8-16-10-2-4-11(17)5-3-10/h6-7,10-11,16-18H,2-5,8H2,1H3. The molecule has 19 heavy (non-hydrogen) atoms. The van der Waals surface area contributed by atoms with Gasteiger partial charge in [-0.15, -0.1) is 0 Å². The Morgan fingerprint density at radius 1 is 1.32 bits per heavy atom. The van der Waals surface area contributed by atoms with Crippen LogP contribution in [0.25, 0.3) is 0 Å². The van der Waals surface area contributed by atoms with Gasteiger partial charge in [0.1, 0.15) is 0 Å². The summed E-state index contributed by atoms with van der Waals surface area (Å²) in [6.45, 7) is 0.720. The molecule has 1 aromatic carbocycles. The van der Waals surface area contributed by atoms with E-state index in [1.165, 1.54) is 0 Å². The van der Waals surface area contributed by atoms with Crippen molar-refractivity contribution in [2.45, 2.75) is 44.4 Å². The van der Waals surface area contributed by atoms with E-state index in [4.69, 9.17) is 4.74 Å². The fourth-order valence-corrected chi connectivity index (χ4v) is 2.89. The molecule has 0 bridgehead atoms. The molecule has 0 radical (unpaired) electrons. The summed E-state index contributed by atoms with van der Waals surface area (Å²) in [5, 5.41) is 22.6. The van der Waals surface area contributed by atoms with Crippen LogP contribution in [0, 0.1) is 0 Å². The van der Waals surface area contributed by atoms with Crippen molar-refractivity contribution in [1.29, 1.82) is 0 Å². The van der Waals surface area contributed by atoms with Crippen LogP contribution in [0.4, 0.5) is 0 Å².